The van der Waals surface area contributed by atoms with Gasteiger partial charge in [0.1, 0.15) is 18.9 Å². The van der Waals surface area contributed by atoms with Crippen LogP contribution in [0.3, 0.4) is 0 Å². The van der Waals surface area contributed by atoms with Gasteiger partial charge < -0.3 is 20.1 Å². The predicted octanol–water partition coefficient (Wildman–Crippen LogP) is 3.42. The molecule has 144 valence electrons. The summed E-state index contributed by atoms with van der Waals surface area (Å²) in [5, 5.41) is 14.8. The van der Waals surface area contributed by atoms with E-state index in [1.807, 2.05) is 18.2 Å². The average molecular weight is 387 g/mol. The number of hydrogen-bond donors (Lipinski definition) is 2. The molecular weight excluding hydrogens is 370 g/mol. The van der Waals surface area contributed by atoms with Crippen LogP contribution in [-0.4, -0.2) is 29.1 Å². The molecule has 29 heavy (non-hydrogen) atoms. The molecule has 2 N–H and O–H groups in total. The maximum Gasteiger partial charge on any atom is 0.274 e. The van der Waals surface area contributed by atoms with E-state index < -0.39 is 5.91 Å². The highest BCUT2D eigenvalue weighted by Gasteiger charge is 2.14. The van der Waals surface area contributed by atoms with Crippen LogP contribution < -0.4 is 20.1 Å². The molecule has 1 aromatic heterocycles. The monoisotopic (exact) mass is 387 g/mol. The first-order chi connectivity index (χ1) is 14.1. The smallest absolute Gasteiger partial charge is 0.274 e. The van der Waals surface area contributed by atoms with Gasteiger partial charge in [0.25, 0.3) is 5.91 Å². The van der Waals surface area contributed by atoms with Crippen LogP contribution in [-0.2, 0) is 0 Å². The molecule has 0 aliphatic carbocycles. The molecule has 0 bridgehead atoms. The van der Waals surface area contributed by atoms with Gasteiger partial charge in [-0.05, 0) is 43.3 Å². The molecular formula is C21H17N5O3. The molecule has 0 saturated heterocycles. The number of carbonyl (C=O) groups excluding carboxylic acids is 1. The summed E-state index contributed by atoms with van der Waals surface area (Å²) in [7, 11) is 0. The minimum absolute atomic E-state index is 0.208. The van der Waals surface area contributed by atoms with E-state index in [-0.39, 0.29) is 11.6 Å². The highest BCUT2D eigenvalue weighted by molar-refractivity contribution is 6.03. The van der Waals surface area contributed by atoms with E-state index in [4.69, 9.17) is 14.7 Å². The van der Waals surface area contributed by atoms with Gasteiger partial charge in [-0.1, -0.05) is 6.07 Å². The third-order valence-electron chi connectivity index (χ3n) is 4.13. The molecule has 0 unspecified atom stereocenters. The Kier molecular flexibility index (Phi) is 4.95. The lowest BCUT2D eigenvalue weighted by molar-refractivity contribution is 0.102. The summed E-state index contributed by atoms with van der Waals surface area (Å²) in [6, 6.07) is 15.7. The largest absolute Gasteiger partial charge is 0.486 e. The van der Waals surface area contributed by atoms with E-state index in [2.05, 4.69) is 20.6 Å². The van der Waals surface area contributed by atoms with Crippen LogP contribution in [0, 0.1) is 18.3 Å². The number of nitriles is 1. The second-order valence-corrected chi connectivity index (χ2v) is 6.35. The van der Waals surface area contributed by atoms with E-state index in [1.54, 1.807) is 43.3 Å². The molecule has 0 atom stereocenters. The molecule has 1 aliphatic heterocycles. The molecule has 1 aliphatic rings. The zero-order valence-electron chi connectivity index (χ0n) is 15.6. The number of carbonyl (C=O) groups is 1. The number of hydrogen-bond acceptors (Lipinski definition) is 7. The number of aromatic nitrogens is 2. The SMILES string of the molecule is Cc1cc(C(=O)Nc2cccc(C#N)c2)nc(Nc2ccc3c(c2)OCCO3)n1. The number of fused-ring (bicyclic) bond motifs is 1. The van der Waals surface area contributed by atoms with Crippen LogP contribution in [0.25, 0.3) is 0 Å². The van der Waals surface area contributed by atoms with Gasteiger partial charge in [0.15, 0.2) is 11.5 Å². The zero-order chi connectivity index (χ0) is 20.2. The zero-order valence-corrected chi connectivity index (χ0v) is 15.6. The van der Waals surface area contributed by atoms with E-state index in [1.165, 1.54) is 0 Å². The molecule has 0 spiro atoms. The van der Waals surface area contributed by atoms with Crippen molar-refractivity contribution in [3.8, 4) is 17.6 Å². The third kappa shape index (κ3) is 4.25. The fourth-order valence-corrected chi connectivity index (χ4v) is 2.85. The molecule has 8 heteroatoms. The molecule has 8 nitrogen and oxygen atoms in total. The van der Waals surface area contributed by atoms with Gasteiger partial charge in [0, 0.05) is 23.1 Å². The maximum atomic E-state index is 12.6. The van der Waals surface area contributed by atoms with Gasteiger partial charge in [-0.3, -0.25) is 4.79 Å². The molecule has 2 heterocycles. The van der Waals surface area contributed by atoms with Crippen LogP contribution >= 0.6 is 0 Å². The Balaban J connectivity index is 1.54. The topological polar surface area (TPSA) is 109 Å². The lowest BCUT2D eigenvalue weighted by atomic mass is 10.2. The number of amides is 1. The van der Waals surface area contributed by atoms with Crippen LogP contribution in [0.1, 0.15) is 21.7 Å². The predicted molar refractivity (Wildman–Crippen MR) is 107 cm³/mol. The Morgan fingerprint density at radius 2 is 1.86 bits per heavy atom. The average Bonchev–Trinajstić information content (AvgIpc) is 2.73. The quantitative estimate of drug-likeness (QED) is 0.706. The van der Waals surface area contributed by atoms with Gasteiger partial charge in [0.05, 0.1) is 11.6 Å². The first-order valence-corrected chi connectivity index (χ1v) is 8.94. The van der Waals surface area contributed by atoms with Crippen molar-refractivity contribution in [1.29, 1.82) is 5.26 Å². The summed E-state index contributed by atoms with van der Waals surface area (Å²) in [6.07, 6.45) is 0. The Morgan fingerprint density at radius 1 is 1.03 bits per heavy atom. The number of aryl methyl sites for hydroxylation is 1. The fraction of sp³-hybridized carbons (Fsp3) is 0.143. The highest BCUT2D eigenvalue weighted by Crippen LogP contribution is 2.33. The minimum atomic E-state index is -0.393. The summed E-state index contributed by atoms with van der Waals surface area (Å²) in [4.78, 5) is 21.3. The fourth-order valence-electron chi connectivity index (χ4n) is 2.85. The van der Waals surface area contributed by atoms with Crippen molar-refractivity contribution in [2.45, 2.75) is 6.92 Å². The molecule has 0 saturated carbocycles. The maximum absolute atomic E-state index is 12.6. The van der Waals surface area contributed by atoms with Crippen LogP contribution in [0.15, 0.2) is 48.5 Å². The summed E-state index contributed by atoms with van der Waals surface area (Å²) in [6.45, 7) is 2.80. The van der Waals surface area contributed by atoms with Crippen molar-refractivity contribution in [3.63, 3.8) is 0 Å². The van der Waals surface area contributed by atoms with Crippen LogP contribution in [0.2, 0.25) is 0 Å². The first kappa shape index (κ1) is 18.3. The third-order valence-corrected chi connectivity index (χ3v) is 4.13. The number of nitrogens with zero attached hydrogens (tertiary/aromatic N) is 3. The van der Waals surface area contributed by atoms with Crippen LogP contribution in [0.4, 0.5) is 17.3 Å². The van der Waals surface area contributed by atoms with E-state index in [0.717, 1.165) is 0 Å². The first-order valence-electron chi connectivity index (χ1n) is 8.94. The minimum Gasteiger partial charge on any atom is -0.486 e. The van der Waals surface area contributed by atoms with Crippen molar-refractivity contribution in [1.82, 2.24) is 9.97 Å². The Labute approximate surface area is 167 Å². The van der Waals surface area contributed by atoms with Gasteiger partial charge in [-0.25, -0.2) is 9.97 Å². The number of ether oxygens (including phenoxy) is 2. The number of anilines is 3. The van der Waals surface area contributed by atoms with Gasteiger partial charge >= 0.3 is 0 Å². The van der Waals surface area contributed by atoms with Crippen molar-refractivity contribution >= 4 is 23.2 Å². The Bertz CT molecular complexity index is 1120. The summed E-state index contributed by atoms with van der Waals surface area (Å²) in [5.74, 6) is 1.23. The lowest BCUT2D eigenvalue weighted by Gasteiger charge is -2.19. The Hall–Kier alpha value is -4.12. The van der Waals surface area contributed by atoms with E-state index in [9.17, 15) is 4.79 Å². The van der Waals surface area contributed by atoms with Crippen molar-refractivity contribution in [2.24, 2.45) is 0 Å². The number of rotatable bonds is 4. The van der Waals surface area contributed by atoms with E-state index >= 15 is 0 Å². The standard InChI is InChI=1S/C21H17N5O3/c1-13-9-17(20(27)24-15-4-2-3-14(10-15)12-22)26-21(23-13)25-16-5-6-18-19(11-16)29-8-7-28-18/h2-6,9-11H,7-8H2,1H3,(H,24,27)(H,23,25,26). The molecule has 2 aromatic carbocycles. The summed E-state index contributed by atoms with van der Waals surface area (Å²) in [5.41, 5.74) is 2.54. The second kappa shape index (κ2) is 7.86. The molecule has 0 fully saturated rings. The molecule has 4 rings (SSSR count). The second-order valence-electron chi connectivity index (χ2n) is 6.35. The number of nitrogens with one attached hydrogen (secondary N) is 2. The van der Waals surface area contributed by atoms with Crippen molar-refractivity contribution in [3.05, 3.63) is 65.5 Å². The van der Waals surface area contributed by atoms with Gasteiger partial charge in [-0.15, -0.1) is 0 Å². The van der Waals surface area contributed by atoms with Crippen molar-refractivity contribution < 1.29 is 14.3 Å². The van der Waals surface area contributed by atoms with Crippen LogP contribution in [0.5, 0.6) is 11.5 Å². The molecule has 0 radical (unpaired) electrons. The van der Waals surface area contributed by atoms with Gasteiger partial charge in [-0.2, -0.15) is 5.26 Å². The summed E-state index contributed by atoms with van der Waals surface area (Å²) < 4.78 is 11.1. The van der Waals surface area contributed by atoms with E-state index in [0.29, 0.717) is 47.3 Å². The molecule has 3 aromatic rings. The van der Waals surface area contributed by atoms with Gasteiger partial charge in [0.2, 0.25) is 5.95 Å². The summed E-state index contributed by atoms with van der Waals surface area (Å²) >= 11 is 0. The highest BCUT2D eigenvalue weighted by atomic mass is 16.6. The lowest BCUT2D eigenvalue weighted by Crippen LogP contribution is -2.16. The van der Waals surface area contributed by atoms with Crippen molar-refractivity contribution in [2.75, 3.05) is 23.8 Å². The molecule has 1 amide bonds. The Morgan fingerprint density at radius 3 is 2.69 bits per heavy atom. The number of benzene rings is 2. The normalized spacial score (nSPS) is 12.0.